The highest BCUT2D eigenvalue weighted by molar-refractivity contribution is 7.89. The summed E-state index contributed by atoms with van der Waals surface area (Å²) in [7, 11) is -3.49. The van der Waals surface area contributed by atoms with Crippen molar-refractivity contribution in [3.05, 3.63) is 87.6 Å². The van der Waals surface area contributed by atoms with Gasteiger partial charge in [0.05, 0.1) is 16.3 Å². The molecule has 1 aliphatic rings. The Labute approximate surface area is 185 Å². The van der Waals surface area contributed by atoms with E-state index in [0.29, 0.717) is 35.6 Å². The summed E-state index contributed by atoms with van der Waals surface area (Å²) in [6.45, 7) is 1.37. The largest absolute Gasteiger partial charge is 0.347 e. The molecule has 0 saturated carbocycles. The number of hydrogen-bond acceptors (Lipinski definition) is 5. The Morgan fingerprint density at radius 1 is 0.871 bits per heavy atom. The van der Waals surface area contributed by atoms with E-state index < -0.39 is 10.0 Å². The topological polar surface area (TPSA) is 83.5 Å². The van der Waals surface area contributed by atoms with Gasteiger partial charge in [-0.2, -0.15) is 4.31 Å². The van der Waals surface area contributed by atoms with Crippen LogP contribution in [0.4, 0.5) is 0 Å². The third kappa shape index (κ3) is 4.76. The molecular formula is C23H22N2O4S2. The zero-order valence-corrected chi connectivity index (χ0v) is 18.4. The number of carbonyl (C=O) groups excluding carboxylic acids is 2. The van der Waals surface area contributed by atoms with Crippen LogP contribution in [-0.4, -0.2) is 37.5 Å². The van der Waals surface area contributed by atoms with Crippen molar-refractivity contribution < 1.29 is 18.0 Å². The standard InChI is InChI=1S/C23H22N2O4S2/c26-22(17-6-2-1-3-7-17)21-13-10-19(30-21)16-24-23(27)18-8-11-20(12-9-18)31(28,29)25-14-4-5-15-25/h1-3,6-13H,4-5,14-16H2,(H,24,27). The molecule has 1 aromatic heterocycles. The second kappa shape index (κ2) is 9.13. The lowest BCUT2D eigenvalue weighted by Gasteiger charge is -2.15. The highest BCUT2D eigenvalue weighted by atomic mass is 32.2. The van der Waals surface area contributed by atoms with E-state index in [9.17, 15) is 18.0 Å². The molecule has 0 spiro atoms. The average Bonchev–Trinajstić information content (AvgIpc) is 3.50. The first-order valence-electron chi connectivity index (χ1n) is 10.0. The van der Waals surface area contributed by atoms with Crippen LogP contribution in [-0.2, 0) is 16.6 Å². The predicted molar refractivity (Wildman–Crippen MR) is 120 cm³/mol. The molecule has 160 valence electrons. The lowest BCUT2D eigenvalue weighted by atomic mass is 10.1. The van der Waals surface area contributed by atoms with E-state index in [2.05, 4.69) is 5.32 Å². The van der Waals surface area contributed by atoms with Crippen molar-refractivity contribution in [2.24, 2.45) is 0 Å². The highest BCUT2D eigenvalue weighted by Gasteiger charge is 2.27. The third-order valence-corrected chi connectivity index (χ3v) is 8.16. The zero-order valence-electron chi connectivity index (χ0n) is 16.8. The van der Waals surface area contributed by atoms with E-state index in [1.54, 1.807) is 18.2 Å². The molecule has 1 N–H and O–H groups in total. The van der Waals surface area contributed by atoms with Gasteiger partial charge in [0.25, 0.3) is 5.91 Å². The Morgan fingerprint density at radius 3 is 2.23 bits per heavy atom. The van der Waals surface area contributed by atoms with Crippen LogP contribution in [0, 0.1) is 0 Å². The van der Waals surface area contributed by atoms with Gasteiger partial charge in [-0.3, -0.25) is 9.59 Å². The summed E-state index contributed by atoms with van der Waals surface area (Å²) in [6, 6.07) is 18.6. The van der Waals surface area contributed by atoms with Crippen molar-refractivity contribution in [2.75, 3.05) is 13.1 Å². The molecule has 1 saturated heterocycles. The van der Waals surface area contributed by atoms with Crippen molar-refractivity contribution in [3.63, 3.8) is 0 Å². The lowest BCUT2D eigenvalue weighted by molar-refractivity contribution is 0.0950. The monoisotopic (exact) mass is 454 g/mol. The summed E-state index contributed by atoms with van der Waals surface area (Å²) in [5, 5.41) is 2.82. The number of amides is 1. The molecule has 0 aliphatic carbocycles. The lowest BCUT2D eigenvalue weighted by Crippen LogP contribution is -2.28. The van der Waals surface area contributed by atoms with Gasteiger partial charge in [-0.15, -0.1) is 11.3 Å². The molecule has 0 atom stereocenters. The van der Waals surface area contributed by atoms with E-state index in [1.807, 2.05) is 24.3 Å². The van der Waals surface area contributed by atoms with Gasteiger partial charge in [0.15, 0.2) is 0 Å². The SMILES string of the molecule is O=C(NCc1ccc(C(=O)c2ccccc2)s1)c1ccc(S(=O)(=O)N2CCCC2)cc1. The minimum absolute atomic E-state index is 0.0435. The Morgan fingerprint density at radius 2 is 1.55 bits per heavy atom. The molecule has 1 fully saturated rings. The fourth-order valence-electron chi connectivity index (χ4n) is 3.45. The summed E-state index contributed by atoms with van der Waals surface area (Å²) in [6.07, 6.45) is 1.75. The Hall–Kier alpha value is -2.81. The van der Waals surface area contributed by atoms with E-state index in [4.69, 9.17) is 0 Å². The molecule has 0 unspecified atom stereocenters. The first-order chi connectivity index (χ1) is 14.9. The quantitative estimate of drug-likeness (QED) is 0.552. The van der Waals surface area contributed by atoms with Crippen molar-refractivity contribution in [1.82, 2.24) is 9.62 Å². The van der Waals surface area contributed by atoms with Gasteiger partial charge in [0.2, 0.25) is 15.8 Å². The molecule has 0 bridgehead atoms. The van der Waals surface area contributed by atoms with Crippen molar-refractivity contribution in [1.29, 1.82) is 0 Å². The third-order valence-electron chi connectivity index (χ3n) is 5.16. The number of carbonyl (C=O) groups is 2. The van der Waals surface area contributed by atoms with Gasteiger partial charge in [-0.25, -0.2) is 8.42 Å². The summed E-state index contributed by atoms with van der Waals surface area (Å²) >= 11 is 1.34. The molecule has 31 heavy (non-hydrogen) atoms. The van der Waals surface area contributed by atoms with Crippen LogP contribution in [0.2, 0.25) is 0 Å². The number of hydrogen-bond donors (Lipinski definition) is 1. The maximum atomic E-state index is 12.6. The van der Waals surface area contributed by atoms with Crippen LogP contribution in [0.5, 0.6) is 0 Å². The van der Waals surface area contributed by atoms with E-state index in [-0.39, 0.29) is 16.6 Å². The maximum absolute atomic E-state index is 12.6. The number of ketones is 1. The molecule has 2 aromatic carbocycles. The number of nitrogens with zero attached hydrogens (tertiary/aromatic N) is 1. The number of thiophene rings is 1. The normalized spacial score (nSPS) is 14.5. The Kier molecular flexibility index (Phi) is 6.31. The molecule has 0 radical (unpaired) electrons. The van der Waals surface area contributed by atoms with Crippen LogP contribution in [0.3, 0.4) is 0 Å². The molecule has 2 heterocycles. The van der Waals surface area contributed by atoms with Crippen LogP contribution < -0.4 is 5.32 Å². The predicted octanol–water partition coefficient (Wildman–Crippen LogP) is 3.69. The highest BCUT2D eigenvalue weighted by Crippen LogP contribution is 2.22. The molecular weight excluding hydrogens is 432 g/mol. The average molecular weight is 455 g/mol. The smallest absolute Gasteiger partial charge is 0.251 e. The van der Waals surface area contributed by atoms with Gasteiger partial charge < -0.3 is 5.32 Å². The van der Waals surface area contributed by atoms with Gasteiger partial charge >= 0.3 is 0 Å². The Balaban J connectivity index is 1.37. The van der Waals surface area contributed by atoms with E-state index in [1.165, 1.54) is 39.9 Å². The molecule has 3 aromatic rings. The fourth-order valence-corrected chi connectivity index (χ4v) is 5.88. The zero-order chi connectivity index (χ0) is 21.8. The minimum Gasteiger partial charge on any atom is -0.347 e. The molecule has 1 amide bonds. The number of sulfonamides is 1. The molecule has 8 heteroatoms. The van der Waals surface area contributed by atoms with E-state index in [0.717, 1.165) is 17.7 Å². The van der Waals surface area contributed by atoms with Crippen LogP contribution in [0.15, 0.2) is 71.6 Å². The summed E-state index contributed by atoms with van der Waals surface area (Å²) in [4.78, 5) is 26.6. The minimum atomic E-state index is -3.49. The van der Waals surface area contributed by atoms with Gasteiger partial charge in [-0.05, 0) is 49.2 Å². The van der Waals surface area contributed by atoms with Crippen LogP contribution in [0.25, 0.3) is 0 Å². The first kappa shape index (κ1) is 21.4. The van der Waals surface area contributed by atoms with Gasteiger partial charge in [0.1, 0.15) is 0 Å². The molecule has 6 nitrogen and oxygen atoms in total. The number of nitrogens with one attached hydrogen (secondary N) is 1. The van der Waals surface area contributed by atoms with Crippen LogP contribution >= 0.6 is 11.3 Å². The molecule has 4 rings (SSSR count). The van der Waals surface area contributed by atoms with Gasteiger partial charge in [0, 0.05) is 29.1 Å². The van der Waals surface area contributed by atoms with E-state index >= 15 is 0 Å². The van der Waals surface area contributed by atoms with Gasteiger partial charge in [-0.1, -0.05) is 30.3 Å². The number of rotatable bonds is 7. The first-order valence-corrected chi connectivity index (χ1v) is 12.3. The number of benzene rings is 2. The van der Waals surface area contributed by atoms with Crippen LogP contribution in [0.1, 0.15) is 43.3 Å². The Bertz CT molecular complexity index is 1180. The second-order valence-corrected chi connectivity index (χ2v) is 10.4. The fraction of sp³-hybridized carbons (Fsp3) is 0.217. The summed E-state index contributed by atoms with van der Waals surface area (Å²) in [5.41, 5.74) is 1.02. The summed E-state index contributed by atoms with van der Waals surface area (Å²) in [5.74, 6) is -0.340. The van der Waals surface area contributed by atoms with Crippen molar-refractivity contribution in [3.8, 4) is 0 Å². The second-order valence-electron chi connectivity index (χ2n) is 7.28. The summed E-state index contributed by atoms with van der Waals surface area (Å²) < 4.78 is 26.7. The van der Waals surface area contributed by atoms with Crippen molar-refractivity contribution >= 4 is 33.1 Å². The maximum Gasteiger partial charge on any atom is 0.251 e. The van der Waals surface area contributed by atoms with Crippen molar-refractivity contribution in [2.45, 2.75) is 24.3 Å². The molecule has 1 aliphatic heterocycles.